The van der Waals surface area contributed by atoms with Gasteiger partial charge in [-0.2, -0.15) is 10.5 Å². The topological polar surface area (TPSA) is 91.2 Å². The largest absolute Gasteiger partial charge is 0.308 e. The Morgan fingerprint density at radius 3 is 1.59 bits per heavy atom. The molecule has 0 aliphatic heterocycles. The highest BCUT2D eigenvalue weighted by Gasteiger charge is 2.22. The van der Waals surface area contributed by atoms with Crippen molar-refractivity contribution >= 4 is 21.8 Å². The number of hydrogen-bond donors (Lipinski definition) is 0. The van der Waals surface area contributed by atoms with Gasteiger partial charge in [-0.1, -0.05) is 78.9 Å². The molecule has 0 aliphatic rings. The van der Waals surface area contributed by atoms with Gasteiger partial charge in [0.25, 0.3) is 0 Å². The highest BCUT2D eigenvalue weighted by molar-refractivity contribution is 6.10. The minimum absolute atomic E-state index is 0.0907. The zero-order chi connectivity index (χ0) is 33.5. The van der Waals surface area contributed by atoms with E-state index in [0.717, 1.165) is 39.0 Å². The van der Waals surface area contributed by atoms with Crippen LogP contribution in [0.3, 0.4) is 0 Å². The molecule has 49 heavy (non-hydrogen) atoms. The lowest BCUT2D eigenvalue weighted by Crippen LogP contribution is -2.04. The highest BCUT2D eigenvalue weighted by Crippen LogP contribution is 2.39. The Balaban J connectivity index is 1.48. The first-order valence-electron chi connectivity index (χ1n) is 15.4. The van der Waals surface area contributed by atoms with Gasteiger partial charge >= 0.3 is 0 Å². The molecule has 8 aromatic rings. The fraction of sp³-hybridized carbons (Fsp3) is 0. The summed E-state index contributed by atoms with van der Waals surface area (Å²) in [6.07, 6.45) is 0. The molecule has 0 aliphatic carbocycles. The van der Waals surface area contributed by atoms with Gasteiger partial charge in [-0.25, -0.2) is 23.7 Å². The molecule has 0 bridgehead atoms. The number of benzene rings is 6. The van der Waals surface area contributed by atoms with Crippen LogP contribution in [0.1, 0.15) is 11.1 Å². The second-order valence-corrected chi connectivity index (χ2v) is 11.4. The number of hydrogen-bond acceptors (Lipinski definition) is 5. The smallest absolute Gasteiger partial charge is 0.166 e. The Hall–Kier alpha value is -7.03. The van der Waals surface area contributed by atoms with Crippen molar-refractivity contribution in [3.63, 3.8) is 0 Å². The molecule has 0 atom stereocenters. The molecule has 6 nitrogen and oxygen atoms in total. The van der Waals surface area contributed by atoms with Gasteiger partial charge < -0.3 is 4.57 Å². The van der Waals surface area contributed by atoms with Gasteiger partial charge in [-0.3, -0.25) is 0 Å². The Morgan fingerprint density at radius 1 is 0.490 bits per heavy atom. The Bertz CT molecular complexity index is 2520. The van der Waals surface area contributed by atoms with E-state index in [1.165, 1.54) is 12.1 Å². The van der Waals surface area contributed by atoms with Crippen molar-refractivity contribution in [3.05, 3.63) is 156 Å². The van der Waals surface area contributed by atoms with Crippen molar-refractivity contribution in [2.24, 2.45) is 0 Å². The van der Waals surface area contributed by atoms with Crippen LogP contribution in [-0.2, 0) is 0 Å². The van der Waals surface area contributed by atoms with Gasteiger partial charge in [-0.05, 0) is 60.2 Å². The zero-order valence-electron chi connectivity index (χ0n) is 25.6. The number of halogens is 2. The minimum Gasteiger partial charge on any atom is -0.308 e. The van der Waals surface area contributed by atoms with E-state index in [1.807, 2.05) is 83.4 Å². The van der Waals surface area contributed by atoms with Crippen LogP contribution in [-0.4, -0.2) is 19.5 Å². The number of nitrogens with zero attached hydrogens (tertiary/aromatic N) is 6. The van der Waals surface area contributed by atoms with E-state index in [2.05, 4.69) is 12.1 Å². The molecule has 8 rings (SSSR count). The van der Waals surface area contributed by atoms with E-state index in [9.17, 15) is 14.9 Å². The number of fused-ring (bicyclic) bond motifs is 3. The molecule has 8 heteroatoms. The molecule has 0 spiro atoms. The molecule has 0 N–H and O–H groups in total. The summed E-state index contributed by atoms with van der Waals surface area (Å²) in [5, 5.41) is 21.0. The van der Waals surface area contributed by atoms with Gasteiger partial charge in [0.05, 0.1) is 40.0 Å². The Kier molecular flexibility index (Phi) is 7.17. The van der Waals surface area contributed by atoms with Gasteiger partial charge in [0.1, 0.15) is 0 Å². The van der Waals surface area contributed by atoms with Crippen LogP contribution >= 0.6 is 0 Å². The fourth-order valence-electron chi connectivity index (χ4n) is 6.16. The average Bonchev–Trinajstić information content (AvgIpc) is 3.48. The normalized spacial score (nSPS) is 11.0. The molecule has 0 saturated heterocycles. The van der Waals surface area contributed by atoms with Crippen molar-refractivity contribution in [2.45, 2.75) is 0 Å². The van der Waals surface area contributed by atoms with Gasteiger partial charge in [0.15, 0.2) is 29.1 Å². The molecule has 2 heterocycles. The van der Waals surface area contributed by atoms with Crippen LogP contribution in [0.15, 0.2) is 133 Å². The Labute approximate surface area is 279 Å². The summed E-state index contributed by atoms with van der Waals surface area (Å²) >= 11 is 0. The molecule has 6 aromatic carbocycles. The van der Waals surface area contributed by atoms with Crippen LogP contribution in [0, 0.1) is 34.3 Å². The van der Waals surface area contributed by atoms with E-state index in [0.29, 0.717) is 45.4 Å². The number of nitriles is 2. The van der Waals surface area contributed by atoms with Crippen molar-refractivity contribution in [1.29, 1.82) is 10.5 Å². The second kappa shape index (κ2) is 12.0. The lowest BCUT2D eigenvalue weighted by Gasteiger charge is -2.16. The maximum absolute atomic E-state index is 15.3. The first-order valence-corrected chi connectivity index (χ1v) is 15.4. The maximum Gasteiger partial charge on any atom is 0.166 e. The van der Waals surface area contributed by atoms with E-state index in [4.69, 9.17) is 15.0 Å². The molecule has 0 unspecified atom stereocenters. The SMILES string of the molecule is N#Cc1ccc2c(c1)c1cc(C#N)ccc1n2-c1ccc(-c2cccc(F)c2F)cc1-c1nc(-c2ccccc2)nc(-c2ccccc2)n1. The van der Waals surface area contributed by atoms with Crippen molar-refractivity contribution in [2.75, 3.05) is 0 Å². The third-order valence-corrected chi connectivity index (χ3v) is 8.46. The summed E-state index contributed by atoms with van der Waals surface area (Å²) in [7, 11) is 0. The molecular weight excluding hydrogens is 614 g/mol. The first-order chi connectivity index (χ1) is 24.0. The van der Waals surface area contributed by atoms with E-state index in [1.54, 1.807) is 36.4 Å². The fourth-order valence-corrected chi connectivity index (χ4v) is 6.16. The lowest BCUT2D eigenvalue weighted by atomic mass is 10.00. The number of aromatic nitrogens is 4. The second-order valence-electron chi connectivity index (χ2n) is 11.4. The van der Waals surface area contributed by atoms with Gasteiger partial charge in [-0.15, -0.1) is 0 Å². The van der Waals surface area contributed by atoms with Crippen LogP contribution in [0.4, 0.5) is 8.78 Å². The van der Waals surface area contributed by atoms with E-state index < -0.39 is 11.6 Å². The summed E-state index contributed by atoms with van der Waals surface area (Å²) in [6, 6.07) is 43.8. The Morgan fingerprint density at radius 2 is 1.04 bits per heavy atom. The quantitative estimate of drug-likeness (QED) is 0.188. The molecule has 0 fully saturated rings. The molecule has 0 amide bonds. The van der Waals surface area contributed by atoms with Crippen LogP contribution < -0.4 is 0 Å². The highest BCUT2D eigenvalue weighted by atomic mass is 19.2. The third kappa shape index (κ3) is 5.14. The number of rotatable bonds is 5. The van der Waals surface area contributed by atoms with E-state index in [-0.39, 0.29) is 5.56 Å². The van der Waals surface area contributed by atoms with Crippen molar-refractivity contribution < 1.29 is 8.78 Å². The average molecular weight is 637 g/mol. The third-order valence-electron chi connectivity index (χ3n) is 8.46. The summed E-state index contributed by atoms with van der Waals surface area (Å²) in [5.41, 5.74) is 5.76. The molecular formula is C41H22F2N6. The van der Waals surface area contributed by atoms with Crippen LogP contribution in [0.2, 0.25) is 0 Å². The molecule has 0 radical (unpaired) electrons. The van der Waals surface area contributed by atoms with E-state index >= 15 is 4.39 Å². The predicted molar refractivity (Wildman–Crippen MR) is 185 cm³/mol. The van der Waals surface area contributed by atoms with Gasteiger partial charge in [0, 0.05) is 33.0 Å². The molecule has 2 aromatic heterocycles. The molecule has 0 saturated carbocycles. The minimum atomic E-state index is -0.961. The maximum atomic E-state index is 15.3. The molecule has 230 valence electrons. The van der Waals surface area contributed by atoms with Crippen molar-refractivity contribution in [1.82, 2.24) is 19.5 Å². The van der Waals surface area contributed by atoms with Crippen LogP contribution in [0.5, 0.6) is 0 Å². The monoisotopic (exact) mass is 636 g/mol. The first kappa shape index (κ1) is 29.4. The zero-order valence-corrected chi connectivity index (χ0v) is 25.6. The lowest BCUT2D eigenvalue weighted by molar-refractivity contribution is 0.511. The summed E-state index contributed by atoms with van der Waals surface area (Å²) in [4.78, 5) is 14.8. The standard InChI is InChI=1S/C41H22F2N6/c42-34-13-7-12-30(38(34)43)29-16-19-37(49-35-17-14-25(23-44)20-31(35)32-21-26(24-45)15-18-36(32)49)33(22-29)41-47-39(27-8-3-1-4-9-27)46-40(48-41)28-10-5-2-6-11-28/h1-22H. The predicted octanol–water partition coefficient (Wildman–Crippen LogP) is 9.66. The summed E-state index contributed by atoms with van der Waals surface area (Å²) in [5.74, 6) is -0.713. The summed E-state index contributed by atoms with van der Waals surface area (Å²) in [6.45, 7) is 0. The van der Waals surface area contributed by atoms with Crippen molar-refractivity contribution in [3.8, 4) is 63.1 Å². The van der Waals surface area contributed by atoms with Gasteiger partial charge in [0.2, 0.25) is 0 Å². The van der Waals surface area contributed by atoms with Crippen LogP contribution in [0.25, 0.3) is 72.8 Å². The summed E-state index contributed by atoms with van der Waals surface area (Å²) < 4.78 is 31.8.